The maximum atomic E-state index is 5.91. The van der Waals surface area contributed by atoms with Crippen LogP contribution < -0.4 is 9.47 Å². The highest BCUT2D eigenvalue weighted by Crippen LogP contribution is 2.23. The van der Waals surface area contributed by atoms with Crippen LogP contribution in [0.15, 0.2) is 61.1 Å². The van der Waals surface area contributed by atoms with E-state index in [0.29, 0.717) is 19.0 Å². The van der Waals surface area contributed by atoms with Gasteiger partial charge in [-0.25, -0.2) is 14.5 Å². The van der Waals surface area contributed by atoms with Crippen molar-refractivity contribution < 1.29 is 9.47 Å². The van der Waals surface area contributed by atoms with Crippen molar-refractivity contribution in [3.8, 4) is 22.9 Å². The van der Waals surface area contributed by atoms with Gasteiger partial charge in [-0.15, -0.1) is 5.10 Å². The van der Waals surface area contributed by atoms with Crippen molar-refractivity contribution >= 4 is 16.7 Å². The van der Waals surface area contributed by atoms with Crippen LogP contribution in [0, 0.1) is 0 Å². The molecular weight excluding hydrogens is 380 g/mol. The molecule has 0 aliphatic heterocycles. The molecular formula is C22H20N6O2. The van der Waals surface area contributed by atoms with Crippen LogP contribution in [0.1, 0.15) is 12.5 Å². The van der Waals surface area contributed by atoms with Crippen LogP contribution in [0.5, 0.6) is 11.5 Å². The monoisotopic (exact) mass is 400 g/mol. The minimum Gasteiger partial charge on any atom is -0.494 e. The van der Waals surface area contributed by atoms with Crippen molar-refractivity contribution in [2.75, 3.05) is 6.61 Å². The molecule has 0 aliphatic carbocycles. The van der Waals surface area contributed by atoms with Gasteiger partial charge in [0, 0.05) is 12.6 Å². The van der Waals surface area contributed by atoms with Crippen LogP contribution in [0.25, 0.3) is 28.1 Å². The van der Waals surface area contributed by atoms with Gasteiger partial charge in [-0.1, -0.05) is 18.2 Å². The number of aromatic nitrogens is 6. The third-order valence-corrected chi connectivity index (χ3v) is 4.79. The zero-order valence-electron chi connectivity index (χ0n) is 16.7. The number of rotatable bonds is 6. The standard InChI is InChI=1S/C22H20N6O2/c1-3-29-17-7-9-18(10-8-17)30-13-15-5-4-6-16(11-15)20-25-22-19-12-24-27(2)21(19)23-14-28(22)26-20/h4-12,14H,3,13H2,1-2H3. The number of fused-ring (bicyclic) bond motifs is 3. The topological polar surface area (TPSA) is 79.4 Å². The molecule has 0 bridgehead atoms. The predicted octanol–water partition coefficient (Wildman–Crippen LogP) is 3.66. The van der Waals surface area contributed by atoms with Gasteiger partial charge in [-0.2, -0.15) is 5.10 Å². The minimum absolute atomic E-state index is 0.448. The Balaban J connectivity index is 1.38. The Morgan fingerprint density at radius 2 is 1.77 bits per heavy atom. The molecule has 0 unspecified atom stereocenters. The third kappa shape index (κ3) is 3.32. The Bertz CT molecular complexity index is 1320. The summed E-state index contributed by atoms with van der Waals surface area (Å²) >= 11 is 0. The zero-order chi connectivity index (χ0) is 20.5. The molecule has 2 aromatic carbocycles. The predicted molar refractivity (Wildman–Crippen MR) is 112 cm³/mol. The summed E-state index contributed by atoms with van der Waals surface area (Å²) in [6.07, 6.45) is 3.42. The summed E-state index contributed by atoms with van der Waals surface area (Å²) in [5, 5.41) is 9.71. The van der Waals surface area contributed by atoms with Gasteiger partial charge in [0.2, 0.25) is 0 Å². The average Bonchev–Trinajstić information content (AvgIpc) is 3.37. The Morgan fingerprint density at radius 1 is 0.967 bits per heavy atom. The van der Waals surface area contributed by atoms with Crippen molar-refractivity contribution in [3.05, 3.63) is 66.6 Å². The number of nitrogens with zero attached hydrogens (tertiary/aromatic N) is 6. The van der Waals surface area contributed by atoms with E-state index in [-0.39, 0.29) is 0 Å². The Kier molecular flexibility index (Phi) is 4.51. The Labute approximate surface area is 172 Å². The van der Waals surface area contributed by atoms with Crippen molar-refractivity contribution in [1.29, 1.82) is 0 Å². The molecule has 5 rings (SSSR count). The second kappa shape index (κ2) is 7.47. The summed E-state index contributed by atoms with van der Waals surface area (Å²) in [6, 6.07) is 15.7. The van der Waals surface area contributed by atoms with E-state index in [9.17, 15) is 0 Å². The highest BCUT2D eigenvalue weighted by molar-refractivity contribution is 5.89. The molecule has 0 radical (unpaired) electrons. The average molecular weight is 400 g/mol. The SMILES string of the molecule is CCOc1ccc(OCc2cccc(-c3nc4c5cnn(C)c5ncn4n3)c2)cc1. The Morgan fingerprint density at radius 3 is 2.57 bits per heavy atom. The second-order valence-electron chi connectivity index (χ2n) is 6.85. The van der Waals surface area contributed by atoms with Gasteiger partial charge >= 0.3 is 0 Å². The number of ether oxygens (including phenoxy) is 2. The Hall–Kier alpha value is -3.94. The first-order valence-electron chi connectivity index (χ1n) is 9.69. The lowest BCUT2D eigenvalue weighted by Gasteiger charge is -2.08. The minimum atomic E-state index is 0.448. The summed E-state index contributed by atoms with van der Waals surface area (Å²) in [5.74, 6) is 2.26. The third-order valence-electron chi connectivity index (χ3n) is 4.79. The van der Waals surface area contributed by atoms with Crippen LogP contribution in [0.2, 0.25) is 0 Å². The number of benzene rings is 2. The molecule has 150 valence electrons. The largest absolute Gasteiger partial charge is 0.494 e. The fraction of sp³-hybridized carbons (Fsp3) is 0.182. The first-order valence-corrected chi connectivity index (χ1v) is 9.69. The van der Waals surface area contributed by atoms with Gasteiger partial charge in [-0.3, -0.25) is 4.68 Å². The number of hydrogen-bond donors (Lipinski definition) is 0. The summed E-state index contributed by atoms with van der Waals surface area (Å²) in [6.45, 7) is 3.06. The zero-order valence-corrected chi connectivity index (χ0v) is 16.7. The lowest BCUT2D eigenvalue weighted by atomic mass is 10.1. The van der Waals surface area contributed by atoms with E-state index < -0.39 is 0 Å². The molecule has 0 aliphatic rings. The van der Waals surface area contributed by atoms with Gasteiger partial charge in [0.1, 0.15) is 24.4 Å². The summed E-state index contributed by atoms with van der Waals surface area (Å²) in [5.41, 5.74) is 3.46. The van der Waals surface area contributed by atoms with Crippen molar-refractivity contribution in [3.63, 3.8) is 0 Å². The van der Waals surface area contributed by atoms with Crippen molar-refractivity contribution in [2.45, 2.75) is 13.5 Å². The van der Waals surface area contributed by atoms with Crippen LogP contribution in [-0.4, -0.2) is 36.0 Å². The molecule has 5 aromatic rings. The molecule has 8 nitrogen and oxygen atoms in total. The van der Waals surface area contributed by atoms with Gasteiger partial charge in [0.15, 0.2) is 17.1 Å². The second-order valence-corrected chi connectivity index (χ2v) is 6.85. The van der Waals surface area contributed by atoms with Gasteiger partial charge in [0.05, 0.1) is 18.2 Å². The highest BCUT2D eigenvalue weighted by Gasteiger charge is 2.12. The molecule has 3 aromatic heterocycles. The highest BCUT2D eigenvalue weighted by atomic mass is 16.5. The van der Waals surface area contributed by atoms with E-state index in [1.807, 2.05) is 62.5 Å². The van der Waals surface area contributed by atoms with Crippen molar-refractivity contribution in [1.82, 2.24) is 29.4 Å². The molecule has 0 saturated carbocycles. The first kappa shape index (κ1) is 18.1. The number of hydrogen-bond acceptors (Lipinski definition) is 6. The van der Waals surface area contributed by atoms with Gasteiger partial charge in [0.25, 0.3) is 0 Å². The van der Waals surface area contributed by atoms with Crippen LogP contribution in [0.4, 0.5) is 0 Å². The number of aryl methyl sites for hydroxylation is 1. The van der Waals surface area contributed by atoms with Crippen molar-refractivity contribution in [2.24, 2.45) is 7.05 Å². The van der Waals surface area contributed by atoms with E-state index in [1.165, 1.54) is 0 Å². The quantitative estimate of drug-likeness (QED) is 0.433. The molecule has 0 amide bonds. The van der Waals surface area contributed by atoms with Crippen LogP contribution >= 0.6 is 0 Å². The van der Waals surface area contributed by atoms with E-state index in [4.69, 9.17) is 14.5 Å². The molecule has 0 N–H and O–H groups in total. The fourth-order valence-corrected chi connectivity index (χ4v) is 3.33. The lowest BCUT2D eigenvalue weighted by molar-refractivity contribution is 0.304. The van der Waals surface area contributed by atoms with E-state index >= 15 is 0 Å². The molecule has 3 heterocycles. The van der Waals surface area contributed by atoms with Gasteiger partial charge in [-0.05, 0) is 42.8 Å². The van der Waals surface area contributed by atoms with E-state index in [0.717, 1.165) is 39.3 Å². The summed E-state index contributed by atoms with van der Waals surface area (Å²) in [4.78, 5) is 9.12. The molecule has 0 atom stereocenters. The smallest absolute Gasteiger partial charge is 0.182 e. The van der Waals surface area contributed by atoms with Crippen LogP contribution in [-0.2, 0) is 13.7 Å². The molecule has 30 heavy (non-hydrogen) atoms. The molecule has 8 heteroatoms. The normalized spacial score (nSPS) is 11.3. The molecule has 0 saturated heterocycles. The maximum absolute atomic E-state index is 5.91. The van der Waals surface area contributed by atoms with Gasteiger partial charge < -0.3 is 9.47 Å². The molecule has 0 fully saturated rings. The van der Waals surface area contributed by atoms with E-state index in [1.54, 1.807) is 21.7 Å². The summed E-state index contributed by atoms with van der Waals surface area (Å²) < 4.78 is 14.8. The van der Waals surface area contributed by atoms with Crippen LogP contribution in [0.3, 0.4) is 0 Å². The maximum Gasteiger partial charge on any atom is 0.182 e. The fourth-order valence-electron chi connectivity index (χ4n) is 3.33. The summed E-state index contributed by atoms with van der Waals surface area (Å²) in [7, 11) is 1.86. The van der Waals surface area contributed by atoms with E-state index in [2.05, 4.69) is 15.2 Å². The molecule has 0 spiro atoms. The first-order chi connectivity index (χ1) is 14.7. The lowest BCUT2D eigenvalue weighted by Crippen LogP contribution is -1.96.